The molecule has 3 rings (SSSR count). The maximum atomic E-state index is 4.71. The van der Waals surface area contributed by atoms with E-state index in [1.165, 1.54) is 5.56 Å². The quantitative estimate of drug-likeness (QED) is 0.723. The van der Waals surface area contributed by atoms with E-state index in [-0.39, 0.29) is 6.04 Å². The fourth-order valence-electron chi connectivity index (χ4n) is 2.53. The minimum Gasteiger partial charge on any atom is -0.363 e. The van der Waals surface area contributed by atoms with E-state index >= 15 is 0 Å². The Hall–Kier alpha value is -2.21. The first kappa shape index (κ1) is 16.6. The topological polar surface area (TPSA) is 53.9 Å². The van der Waals surface area contributed by atoms with Crippen LogP contribution in [0, 0.1) is 6.92 Å². The van der Waals surface area contributed by atoms with Crippen molar-refractivity contribution in [3.63, 3.8) is 0 Å². The molecule has 2 aromatic heterocycles. The molecule has 1 atom stereocenters. The maximum absolute atomic E-state index is 4.71. The second kappa shape index (κ2) is 6.73. The van der Waals surface area contributed by atoms with E-state index in [0.29, 0.717) is 0 Å². The van der Waals surface area contributed by atoms with E-state index in [2.05, 4.69) is 50.3 Å². The molecule has 24 heavy (non-hydrogen) atoms. The first-order valence-electron chi connectivity index (χ1n) is 7.79. The highest BCUT2D eigenvalue weighted by molar-refractivity contribution is 9.10. The van der Waals surface area contributed by atoms with Crippen LogP contribution in [0.5, 0.6) is 0 Å². The van der Waals surface area contributed by atoms with Gasteiger partial charge in [-0.2, -0.15) is 0 Å². The number of aromatic nitrogens is 3. The molecule has 0 amide bonds. The van der Waals surface area contributed by atoms with Gasteiger partial charge >= 0.3 is 0 Å². The number of nitrogens with one attached hydrogen (secondary N) is 1. The molecule has 0 saturated carbocycles. The molecule has 124 valence electrons. The molecule has 5 nitrogen and oxygen atoms in total. The molecule has 3 aromatic rings. The maximum Gasteiger partial charge on any atom is 0.156 e. The average molecular weight is 386 g/mol. The van der Waals surface area contributed by atoms with Gasteiger partial charge in [-0.25, -0.2) is 15.0 Å². The third-order valence-electron chi connectivity index (χ3n) is 3.80. The fourth-order valence-corrected chi connectivity index (χ4v) is 2.95. The van der Waals surface area contributed by atoms with Gasteiger partial charge < -0.3 is 10.2 Å². The summed E-state index contributed by atoms with van der Waals surface area (Å²) in [5, 5.41) is 3.48. The van der Waals surface area contributed by atoms with Crippen LogP contribution < -0.4 is 10.2 Å². The molecule has 0 bridgehead atoms. The molecule has 1 aromatic carbocycles. The van der Waals surface area contributed by atoms with Crippen LogP contribution >= 0.6 is 15.9 Å². The summed E-state index contributed by atoms with van der Waals surface area (Å²) in [6, 6.07) is 12.3. The Morgan fingerprint density at radius 3 is 2.58 bits per heavy atom. The molecule has 0 unspecified atom stereocenters. The zero-order valence-corrected chi connectivity index (χ0v) is 15.8. The summed E-state index contributed by atoms with van der Waals surface area (Å²) in [5.74, 6) is 2.37. The minimum atomic E-state index is 0.102. The number of anilines is 2. The summed E-state index contributed by atoms with van der Waals surface area (Å²) < 4.78 is 1.06. The lowest BCUT2D eigenvalue weighted by Crippen LogP contribution is -2.13. The predicted molar refractivity (Wildman–Crippen MR) is 103 cm³/mol. The van der Waals surface area contributed by atoms with E-state index in [0.717, 1.165) is 33.0 Å². The van der Waals surface area contributed by atoms with Crippen molar-refractivity contribution in [2.45, 2.75) is 19.9 Å². The fraction of sp³-hybridized carbons (Fsp3) is 0.278. The van der Waals surface area contributed by atoms with Gasteiger partial charge in [-0.3, -0.25) is 0 Å². The Morgan fingerprint density at radius 1 is 1.08 bits per heavy atom. The van der Waals surface area contributed by atoms with Crippen LogP contribution in [0.1, 0.15) is 24.4 Å². The number of hydrogen-bond donors (Lipinski definition) is 1. The van der Waals surface area contributed by atoms with Crippen molar-refractivity contribution in [3.8, 4) is 0 Å². The van der Waals surface area contributed by atoms with Gasteiger partial charge in [0, 0.05) is 18.6 Å². The van der Waals surface area contributed by atoms with Crippen molar-refractivity contribution in [2.24, 2.45) is 0 Å². The van der Waals surface area contributed by atoms with Crippen LogP contribution in [-0.2, 0) is 0 Å². The Labute approximate surface area is 150 Å². The first-order valence-corrected chi connectivity index (χ1v) is 8.58. The van der Waals surface area contributed by atoms with Crippen molar-refractivity contribution in [1.82, 2.24) is 15.0 Å². The molecule has 1 N–H and O–H groups in total. The number of nitrogens with zero attached hydrogens (tertiary/aromatic N) is 4. The average Bonchev–Trinajstić information content (AvgIpc) is 2.54. The smallest absolute Gasteiger partial charge is 0.156 e. The number of pyridine rings is 1. The third-order valence-corrected chi connectivity index (χ3v) is 4.29. The predicted octanol–water partition coefficient (Wildman–Crippen LogP) is 4.33. The standard InChI is InChI=1S/C18H20BrN5/c1-11(13-6-5-7-14(19)10-13)20-18-17-15(21-12(2)22-18)8-9-16(23-17)24(3)4/h5-11H,1-4H3,(H,20,21,22)/t11-/m1/s1. The summed E-state index contributed by atoms with van der Waals surface area (Å²) in [4.78, 5) is 15.7. The Kier molecular flexibility index (Phi) is 4.66. The van der Waals surface area contributed by atoms with Gasteiger partial charge in [0.05, 0.1) is 11.6 Å². The number of hydrogen-bond acceptors (Lipinski definition) is 5. The van der Waals surface area contributed by atoms with Crippen LogP contribution in [0.25, 0.3) is 11.0 Å². The van der Waals surface area contributed by atoms with Gasteiger partial charge in [0.1, 0.15) is 17.2 Å². The van der Waals surface area contributed by atoms with Gasteiger partial charge in [-0.05, 0) is 43.7 Å². The van der Waals surface area contributed by atoms with E-state index in [1.807, 2.05) is 50.2 Å². The highest BCUT2D eigenvalue weighted by Gasteiger charge is 2.13. The van der Waals surface area contributed by atoms with Gasteiger partial charge in [0.2, 0.25) is 0 Å². The Bertz CT molecular complexity index is 878. The number of fused-ring (bicyclic) bond motifs is 1. The zero-order valence-electron chi connectivity index (χ0n) is 14.2. The lowest BCUT2D eigenvalue weighted by Gasteiger charge is -2.18. The summed E-state index contributed by atoms with van der Waals surface area (Å²) >= 11 is 3.52. The van der Waals surface area contributed by atoms with Crippen LogP contribution in [0.4, 0.5) is 11.6 Å². The van der Waals surface area contributed by atoms with Crippen molar-refractivity contribution < 1.29 is 0 Å². The molecular weight excluding hydrogens is 366 g/mol. The van der Waals surface area contributed by atoms with Crippen molar-refractivity contribution in [2.75, 3.05) is 24.3 Å². The molecule has 2 heterocycles. The van der Waals surface area contributed by atoms with E-state index in [4.69, 9.17) is 4.98 Å². The molecular formula is C18H20BrN5. The number of halogens is 1. The van der Waals surface area contributed by atoms with Crippen LogP contribution in [0.2, 0.25) is 0 Å². The van der Waals surface area contributed by atoms with Crippen molar-refractivity contribution >= 4 is 38.6 Å². The zero-order chi connectivity index (χ0) is 17.3. The van der Waals surface area contributed by atoms with Gasteiger partial charge in [0.25, 0.3) is 0 Å². The first-order chi connectivity index (χ1) is 11.4. The van der Waals surface area contributed by atoms with Crippen LogP contribution in [0.15, 0.2) is 40.9 Å². The summed E-state index contributed by atoms with van der Waals surface area (Å²) in [6.07, 6.45) is 0. The molecule has 0 aliphatic heterocycles. The second-order valence-corrected chi connectivity index (χ2v) is 6.89. The summed E-state index contributed by atoms with van der Waals surface area (Å²) in [5.41, 5.74) is 2.81. The van der Waals surface area contributed by atoms with E-state index in [9.17, 15) is 0 Å². The van der Waals surface area contributed by atoms with Crippen molar-refractivity contribution in [3.05, 3.63) is 52.3 Å². The Balaban J connectivity index is 2.02. The second-order valence-electron chi connectivity index (χ2n) is 5.97. The molecule has 0 saturated heterocycles. The summed E-state index contributed by atoms with van der Waals surface area (Å²) in [7, 11) is 3.95. The van der Waals surface area contributed by atoms with Crippen molar-refractivity contribution in [1.29, 1.82) is 0 Å². The van der Waals surface area contributed by atoms with Crippen LogP contribution in [-0.4, -0.2) is 29.0 Å². The monoisotopic (exact) mass is 385 g/mol. The third kappa shape index (κ3) is 3.48. The lowest BCUT2D eigenvalue weighted by atomic mass is 10.1. The summed E-state index contributed by atoms with van der Waals surface area (Å²) in [6.45, 7) is 4.01. The Morgan fingerprint density at radius 2 is 1.88 bits per heavy atom. The van der Waals surface area contributed by atoms with Gasteiger partial charge in [-0.15, -0.1) is 0 Å². The van der Waals surface area contributed by atoms with E-state index < -0.39 is 0 Å². The van der Waals surface area contributed by atoms with E-state index in [1.54, 1.807) is 0 Å². The molecule has 0 fully saturated rings. The highest BCUT2D eigenvalue weighted by Crippen LogP contribution is 2.26. The van der Waals surface area contributed by atoms with Gasteiger partial charge in [-0.1, -0.05) is 28.1 Å². The largest absolute Gasteiger partial charge is 0.363 e. The number of aryl methyl sites for hydroxylation is 1. The minimum absolute atomic E-state index is 0.102. The number of benzene rings is 1. The molecule has 6 heteroatoms. The SMILES string of the molecule is Cc1nc(N[C@H](C)c2cccc(Br)c2)c2nc(N(C)C)ccc2n1. The molecule has 0 aliphatic carbocycles. The highest BCUT2D eigenvalue weighted by atomic mass is 79.9. The van der Waals surface area contributed by atoms with Crippen LogP contribution in [0.3, 0.4) is 0 Å². The van der Waals surface area contributed by atoms with Gasteiger partial charge in [0.15, 0.2) is 5.82 Å². The molecule has 0 spiro atoms. The molecule has 0 aliphatic rings. The molecule has 0 radical (unpaired) electrons. The normalized spacial score (nSPS) is 12.2. The lowest BCUT2D eigenvalue weighted by molar-refractivity contribution is 0.869. The number of rotatable bonds is 4.